The zero-order valence-electron chi connectivity index (χ0n) is 17.3. The molecule has 10 heteroatoms. The van der Waals surface area contributed by atoms with E-state index >= 15 is 0 Å². The predicted octanol–water partition coefficient (Wildman–Crippen LogP) is 3.09. The number of fused-ring (bicyclic) bond motifs is 3. The third-order valence-corrected chi connectivity index (χ3v) is 4.46. The van der Waals surface area contributed by atoms with Crippen LogP contribution in [0.25, 0.3) is 0 Å². The largest absolute Gasteiger partial charge is 0.508 e. The summed E-state index contributed by atoms with van der Waals surface area (Å²) in [5.74, 6) is 4.79. The quantitative estimate of drug-likeness (QED) is 0.449. The zero-order valence-corrected chi connectivity index (χ0v) is 17.3. The standard InChI is InChI=1S/C8H8O4.C8H6O3.C7H6O3/c9-4-10-6-1-2-7-8(3-6)12-5-11-7;9-4-6-1-2-7-8(3-6)11-5-10-7;8-5-1-2-6-7(3-5)10-4-9-6/h1-3,9H,4-5H2;1-4H,5H2;1-3,8H,4H2. The number of benzene rings is 3. The fourth-order valence-corrected chi connectivity index (χ4v) is 2.91. The molecule has 0 spiro atoms. The molecule has 0 saturated heterocycles. The molecule has 3 heterocycles. The molecule has 10 nitrogen and oxygen atoms in total. The van der Waals surface area contributed by atoms with Crippen LogP contribution in [0, 0.1) is 0 Å². The van der Waals surface area contributed by atoms with Gasteiger partial charge in [0.1, 0.15) is 17.8 Å². The molecule has 3 aromatic rings. The van der Waals surface area contributed by atoms with Gasteiger partial charge in [-0.25, -0.2) is 0 Å². The number of aldehydes is 1. The summed E-state index contributed by atoms with van der Waals surface area (Å²) in [6.07, 6.45) is 0.780. The van der Waals surface area contributed by atoms with Crippen molar-refractivity contribution in [3.63, 3.8) is 0 Å². The highest BCUT2D eigenvalue weighted by molar-refractivity contribution is 5.76. The second kappa shape index (κ2) is 10.3. The molecular formula is C23H20O10. The molecule has 0 aliphatic carbocycles. The topological polar surface area (TPSA) is 122 Å². The molecule has 0 aromatic heterocycles. The number of phenolic OH excluding ortho intramolecular Hbond substituents is 1. The smallest absolute Gasteiger partial charge is 0.231 e. The average Bonchev–Trinajstić information content (AvgIpc) is 3.59. The van der Waals surface area contributed by atoms with E-state index in [9.17, 15) is 4.79 Å². The van der Waals surface area contributed by atoms with E-state index in [-0.39, 0.29) is 32.9 Å². The molecule has 0 fully saturated rings. The summed E-state index contributed by atoms with van der Waals surface area (Å²) in [5.41, 5.74) is 0.606. The van der Waals surface area contributed by atoms with Crippen LogP contribution in [0.2, 0.25) is 0 Å². The predicted molar refractivity (Wildman–Crippen MR) is 112 cm³/mol. The van der Waals surface area contributed by atoms with Gasteiger partial charge in [0.2, 0.25) is 20.4 Å². The highest BCUT2D eigenvalue weighted by atomic mass is 16.7. The van der Waals surface area contributed by atoms with E-state index < -0.39 is 0 Å². The van der Waals surface area contributed by atoms with Crippen molar-refractivity contribution in [1.29, 1.82) is 0 Å². The van der Waals surface area contributed by atoms with Crippen LogP contribution in [0.1, 0.15) is 10.4 Å². The Balaban J connectivity index is 0.000000118. The molecule has 3 aliphatic rings. The number of carbonyl (C=O) groups is 1. The minimum Gasteiger partial charge on any atom is -0.508 e. The Hall–Kier alpha value is -4.31. The minimum atomic E-state index is -0.334. The number of ether oxygens (including phenoxy) is 7. The average molecular weight is 456 g/mol. The summed E-state index contributed by atoms with van der Waals surface area (Å²) in [6, 6.07) is 15.0. The lowest BCUT2D eigenvalue weighted by atomic mass is 10.2. The van der Waals surface area contributed by atoms with Crippen molar-refractivity contribution in [2.45, 2.75) is 0 Å². The van der Waals surface area contributed by atoms with Gasteiger partial charge in [-0.1, -0.05) is 0 Å². The second-order valence-electron chi connectivity index (χ2n) is 6.56. The van der Waals surface area contributed by atoms with Gasteiger partial charge in [-0.15, -0.1) is 0 Å². The van der Waals surface area contributed by atoms with Crippen LogP contribution in [0.4, 0.5) is 0 Å². The molecule has 0 unspecified atom stereocenters. The Morgan fingerprint density at radius 2 is 1.21 bits per heavy atom. The van der Waals surface area contributed by atoms with Gasteiger partial charge in [-0.2, -0.15) is 0 Å². The monoisotopic (exact) mass is 456 g/mol. The van der Waals surface area contributed by atoms with Crippen LogP contribution >= 0.6 is 0 Å². The first-order valence-corrected chi connectivity index (χ1v) is 9.73. The molecule has 3 aliphatic heterocycles. The van der Waals surface area contributed by atoms with Crippen LogP contribution in [0.15, 0.2) is 54.6 Å². The molecule has 6 rings (SSSR count). The van der Waals surface area contributed by atoms with Crippen molar-refractivity contribution >= 4 is 6.29 Å². The maximum atomic E-state index is 10.3. The van der Waals surface area contributed by atoms with E-state index in [1.54, 1.807) is 48.5 Å². The Bertz CT molecular complexity index is 1110. The maximum absolute atomic E-state index is 10.3. The lowest BCUT2D eigenvalue weighted by Gasteiger charge is -2.02. The Kier molecular flexibility index (Phi) is 6.86. The van der Waals surface area contributed by atoms with Gasteiger partial charge in [0.05, 0.1) is 0 Å². The Morgan fingerprint density at radius 1 is 0.697 bits per heavy atom. The first-order chi connectivity index (χ1) is 16.2. The van der Waals surface area contributed by atoms with Gasteiger partial charge < -0.3 is 43.4 Å². The van der Waals surface area contributed by atoms with Crippen LogP contribution in [0.3, 0.4) is 0 Å². The number of hydrogen-bond donors (Lipinski definition) is 2. The van der Waals surface area contributed by atoms with Crippen LogP contribution in [-0.4, -0.2) is 43.7 Å². The Morgan fingerprint density at radius 3 is 1.82 bits per heavy atom. The van der Waals surface area contributed by atoms with Gasteiger partial charge in [0.25, 0.3) is 0 Å². The summed E-state index contributed by atoms with van der Waals surface area (Å²) in [6.45, 7) is 0.411. The fraction of sp³-hybridized carbons (Fsp3) is 0.174. The number of carbonyl (C=O) groups excluding carboxylic acids is 1. The number of hydrogen-bond acceptors (Lipinski definition) is 10. The third-order valence-electron chi connectivity index (χ3n) is 4.46. The molecule has 0 amide bonds. The molecule has 0 saturated carbocycles. The number of phenols is 1. The van der Waals surface area contributed by atoms with Crippen LogP contribution in [0.5, 0.6) is 46.0 Å². The van der Waals surface area contributed by atoms with Crippen LogP contribution in [-0.2, 0) is 0 Å². The third kappa shape index (κ3) is 5.49. The molecule has 2 N–H and O–H groups in total. The van der Waals surface area contributed by atoms with E-state index in [0.717, 1.165) is 6.29 Å². The number of aliphatic hydroxyl groups excluding tert-OH is 1. The summed E-state index contributed by atoms with van der Waals surface area (Å²) in [7, 11) is 0. The summed E-state index contributed by atoms with van der Waals surface area (Å²) >= 11 is 0. The number of aliphatic hydroxyl groups is 1. The van der Waals surface area contributed by atoms with Crippen molar-refractivity contribution in [3.8, 4) is 46.0 Å². The van der Waals surface area contributed by atoms with E-state index in [1.807, 2.05) is 0 Å². The van der Waals surface area contributed by atoms with E-state index in [4.69, 9.17) is 43.4 Å². The molecular weight excluding hydrogens is 436 g/mol. The first kappa shape index (κ1) is 21.9. The highest BCUT2D eigenvalue weighted by Gasteiger charge is 2.14. The van der Waals surface area contributed by atoms with Crippen LogP contribution < -0.4 is 33.2 Å². The van der Waals surface area contributed by atoms with Crippen molar-refractivity contribution in [2.24, 2.45) is 0 Å². The lowest BCUT2D eigenvalue weighted by Crippen LogP contribution is -1.94. The van der Waals surface area contributed by atoms with Gasteiger partial charge in [-0.05, 0) is 42.5 Å². The second-order valence-corrected chi connectivity index (χ2v) is 6.56. The first-order valence-electron chi connectivity index (χ1n) is 9.73. The molecule has 172 valence electrons. The van der Waals surface area contributed by atoms with Gasteiger partial charge in [-0.3, -0.25) is 4.79 Å². The highest BCUT2D eigenvalue weighted by Crippen LogP contribution is 2.35. The van der Waals surface area contributed by atoms with Crippen molar-refractivity contribution in [3.05, 3.63) is 60.2 Å². The van der Waals surface area contributed by atoms with Crippen molar-refractivity contribution in [1.82, 2.24) is 0 Å². The lowest BCUT2D eigenvalue weighted by molar-refractivity contribution is 0.0983. The van der Waals surface area contributed by atoms with E-state index in [1.165, 1.54) is 6.07 Å². The van der Waals surface area contributed by atoms with Gasteiger partial charge in [0.15, 0.2) is 41.3 Å². The maximum Gasteiger partial charge on any atom is 0.231 e. The van der Waals surface area contributed by atoms with Crippen molar-refractivity contribution < 1.29 is 48.2 Å². The van der Waals surface area contributed by atoms with Gasteiger partial charge in [0, 0.05) is 17.7 Å². The SMILES string of the molecule is O=Cc1ccc2c(c1)OCO2.OCOc1ccc2c(c1)OCO2.Oc1ccc2c(c1)OCO2. The molecule has 3 aromatic carbocycles. The number of aromatic hydroxyl groups is 1. The van der Waals surface area contributed by atoms with E-state index in [0.29, 0.717) is 45.8 Å². The summed E-state index contributed by atoms with van der Waals surface area (Å²) < 4.78 is 35.2. The minimum absolute atomic E-state index is 0.198. The molecule has 33 heavy (non-hydrogen) atoms. The summed E-state index contributed by atoms with van der Waals surface area (Å²) in [5, 5.41) is 17.4. The fourth-order valence-electron chi connectivity index (χ4n) is 2.91. The summed E-state index contributed by atoms with van der Waals surface area (Å²) in [4.78, 5) is 10.3. The van der Waals surface area contributed by atoms with Crippen molar-refractivity contribution in [2.75, 3.05) is 27.2 Å². The molecule has 0 atom stereocenters. The molecule has 0 radical (unpaired) electrons. The number of rotatable bonds is 3. The van der Waals surface area contributed by atoms with Gasteiger partial charge >= 0.3 is 0 Å². The zero-order chi connectivity index (χ0) is 23.0. The van der Waals surface area contributed by atoms with E-state index in [2.05, 4.69) is 0 Å². The Labute approximate surface area is 188 Å². The normalized spacial score (nSPS) is 13.2. The molecule has 0 bridgehead atoms.